The van der Waals surface area contributed by atoms with Crippen LogP contribution >= 0.6 is 50.7 Å². The predicted octanol–water partition coefficient (Wildman–Crippen LogP) is 6.03. The fourth-order valence-electron chi connectivity index (χ4n) is 1.73. The topological polar surface area (TPSA) is 21.3 Å². The van der Waals surface area contributed by atoms with E-state index in [1.54, 1.807) is 19.2 Å². The molecule has 0 aliphatic heterocycles. The van der Waals surface area contributed by atoms with Crippen LogP contribution in [-0.2, 0) is 6.54 Å². The summed E-state index contributed by atoms with van der Waals surface area (Å²) in [6.45, 7) is 0.449. The molecule has 6 heteroatoms. The molecule has 0 heterocycles. The molecule has 0 spiro atoms. The molecule has 0 saturated carbocycles. The first kappa shape index (κ1) is 15.8. The van der Waals surface area contributed by atoms with E-state index in [0.29, 0.717) is 21.6 Å². The maximum absolute atomic E-state index is 6.17. The van der Waals surface area contributed by atoms with Crippen molar-refractivity contribution in [2.75, 3.05) is 12.4 Å². The van der Waals surface area contributed by atoms with Crippen LogP contribution in [0.4, 0.5) is 5.69 Å². The molecule has 2 aromatic rings. The molecule has 0 aliphatic carbocycles. The van der Waals surface area contributed by atoms with Crippen molar-refractivity contribution in [3.63, 3.8) is 0 Å². The van der Waals surface area contributed by atoms with Crippen molar-refractivity contribution in [2.45, 2.75) is 6.54 Å². The van der Waals surface area contributed by atoms with Crippen molar-refractivity contribution in [3.8, 4) is 5.75 Å². The molecule has 0 fully saturated rings. The van der Waals surface area contributed by atoms with Gasteiger partial charge in [-0.2, -0.15) is 0 Å². The molecular formula is C14H11BrCl3NO. The quantitative estimate of drug-likeness (QED) is 0.638. The second-order valence-electron chi connectivity index (χ2n) is 4.02. The highest BCUT2D eigenvalue weighted by Gasteiger charge is 2.11. The third-order valence-corrected chi connectivity index (χ3v) is 4.45. The molecule has 2 rings (SSSR count). The molecule has 0 amide bonds. The summed E-state index contributed by atoms with van der Waals surface area (Å²) in [6.07, 6.45) is 0. The van der Waals surface area contributed by atoms with Gasteiger partial charge in [-0.3, -0.25) is 0 Å². The highest BCUT2D eigenvalue weighted by Crippen LogP contribution is 2.33. The smallest absolute Gasteiger partial charge is 0.142 e. The van der Waals surface area contributed by atoms with Crippen LogP contribution in [0.2, 0.25) is 15.1 Å². The van der Waals surface area contributed by atoms with Crippen LogP contribution in [0.15, 0.2) is 34.8 Å². The van der Waals surface area contributed by atoms with Gasteiger partial charge >= 0.3 is 0 Å². The molecule has 0 atom stereocenters. The molecule has 0 saturated heterocycles. The van der Waals surface area contributed by atoms with Crippen LogP contribution in [0.5, 0.6) is 5.75 Å². The maximum atomic E-state index is 6.17. The fourth-order valence-corrected chi connectivity index (χ4v) is 2.78. The average molecular weight is 396 g/mol. The van der Waals surface area contributed by atoms with Gasteiger partial charge in [-0.15, -0.1) is 0 Å². The van der Waals surface area contributed by atoms with Gasteiger partial charge in [0, 0.05) is 21.6 Å². The number of nitrogens with one attached hydrogen (secondary N) is 1. The summed E-state index contributed by atoms with van der Waals surface area (Å²) >= 11 is 21.7. The molecule has 0 aromatic heterocycles. The number of hydrogen-bond acceptors (Lipinski definition) is 2. The Balaban J connectivity index is 2.25. The van der Waals surface area contributed by atoms with E-state index in [9.17, 15) is 0 Å². The number of hydrogen-bond donors (Lipinski definition) is 1. The Morgan fingerprint density at radius 1 is 1.10 bits per heavy atom. The minimum Gasteiger partial charge on any atom is -0.495 e. The normalized spacial score (nSPS) is 10.4. The molecule has 1 N–H and O–H groups in total. The lowest BCUT2D eigenvalue weighted by molar-refractivity contribution is 0.416. The lowest BCUT2D eigenvalue weighted by Gasteiger charge is -2.14. The third kappa shape index (κ3) is 3.53. The largest absolute Gasteiger partial charge is 0.495 e. The van der Waals surface area contributed by atoms with Gasteiger partial charge in [0.05, 0.1) is 22.8 Å². The SMILES string of the molecule is COc1ccc(Br)cc1NCc1c(Cl)ccc(Cl)c1Cl. The van der Waals surface area contributed by atoms with Gasteiger partial charge in [0.15, 0.2) is 0 Å². The minimum absolute atomic E-state index is 0.449. The first-order valence-electron chi connectivity index (χ1n) is 5.72. The molecule has 20 heavy (non-hydrogen) atoms. The Bertz CT molecular complexity index is 634. The average Bonchev–Trinajstić information content (AvgIpc) is 2.43. The van der Waals surface area contributed by atoms with Gasteiger partial charge in [0.2, 0.25) is 0 Å². The number of rotatable bonds is 4. The van der Waals surface area contributed by atoms with Crippen molar-refractivity contribution in [2.24, 2.45) is 0 Å². The molecular weight excluding hydrogens is 384 g/mol. The van der Waals surface area contributed by atoms with Gasteiger partial charge in [-0.1, -0.05) is 50.7 Å². The van der Waals surface area contributed by atoms with Crippen LogP contribution in [0.1, 0.15) is 5.56 Å². The second-order valence-corrected chi connectivity index (χ2v) is 6.13. The molecule has 0 bridgehead atoms. The van der Waals surface area contributed by atoms with Crippen LogP contribution in [0, 0.1) is 0 Å². The van der Waals surface area contributed by atoms with Crippen LogP contribution in [0.25, 0.3) is 0 Å². The molecule has 0 radical (unpaired) electrons. The Labute approximate surface area is 141 Å². The summed E-state index contributed by atoms with van der Waals surface area (Å²) < 4.78 is 6.25. The predicted molar refractivity (Wildman–Crippen MR) is 89.5 cm³/mol. The van der Waals surface area contributed by atoms with Crippen molar-refractivity contribution in [3.05, 3.63) is 55.4 Å². The summed E-state index contributed by atoms with van der Waals surface area (Å²) in [4.78, 5) is 0. The molecule has 2 aromatic carbocycles. The van der Waals surface area contributed by atoms with E-state index in [-0.39, 0.29) is 0 Å². The minimum atomic E-state index is 0.449. The van der Waals surface area contributed by atoms with Crippen LogP contribution in [-0.4, -0.2) is 7.11 Å². The van der Waals surface area contributed by atoms with Gasteiger partial charge < -0.3 is 10.1 Å². The van der Waals surface area contributed by atoms with Gasteiger partial charge in [0.1, 0.15) is 5.75 Å². The van der Waals surface area contributed by atoms with E-state index in [4.69, 9.17) is 39.5 Å². The van der Waals surface area contributed by atoms with Gasteiger partial charge in [0.25, 0.3) is 0 Å². The van der Waals surface area contributed by atoms with E-state index in [1.807, 2.05) is 18.2 Å². The number of benzene rings is 2. The third-order valence-electron chi connectivity index (χ3n) is 2.76. The van der Waals surface area contributed by atoms with E-state index < -0.39 is 0 Å². The monoisotopic (exact) mass is 393 g/mol. The summed E-state index contributed by atoms with van der Waals surface area (Å²) in [6, 6.07) is 9.10. The van der Waals surface area contributed by atoms with Gasteiger partial charge in [-0.05, 0) is 30.3 Å². The zero-order valence-corrected chi connectivity index (χ0v) is 14.4. The first-order chi connectivity index (χ1) is 9.52. The maximum Gasteiger partial charge on any atom is 0.142 e. The lowest BCUT2D eigenvalue weighted by atomic mass is 10.2. The summed E-state index contributed by atoms with van der Waals surface area (Å²) in [5.74, 6) is 0.738. The molecule has 106 valence electrons. The van der Waals surface area contributed by atoms with Gasteiger partial charge in [-0.25, -0.2) is 0 Å². The first-order valence-corrected chi connectivity index (χ1v) is 7.65. The summed E-state index contributed by atoms with van der Waals surface area (Å²) in [7, 11) is 1.62. The highest BCUT2D eigenvalue weighted by molar-refractivity contribution is 9.10. The Morgan fingerprint density at radius 2 is 1.80 bits per heavy atom. The van der Waals surface area contributed by atoms with Crippen molar-refractivity contribution >= 4 is 56.4 Å². The molecule has 0 aliphatic rings. The molecule has 0 unspecified atom stereocenters. The summed E-state index contributed by atoms with van der Waals surface area (Å²) in [5.41, 5.74) is 1.59. The zero-order valence-electron chi connectivity index (χ0n) is 10.5. The van der Waals surface area contributed by atoms with E-state index in [0.717, 1.165) is 21.5 Å². The fraction of sp³-hybridized carbons (Fsp3) is 0.143. The number of halogens is 4. The Kier molecular flexibility index (Phi) is 5.44. The van der Waals surface area contributed by atoms with Crippen LogP contribution in [0.3, 0.4) is 0 Å². The van der Waals surface area contributed by atoms with E-state index >= 15 is 0 Å². The highest BCUT2D eigenvalue weighted by atomic mass is 79.9. The standard InChI is InChI=1S/C14H11BrCl3NO/c1-20-13-5-2-8(15)6-12(13)19-7-9-10(16)3-4-11(17)14(9)18/h2-6,19H,7H2,1H3. The number of anilines is 1. The molecule has 2 nitrogen and oxygen atoms in total. The van der Waals surface area contributed by atoms with Crippen molar-refractivity contribution in [1.29, 1.82) is 0 Å². The Morgan fingerprint density at radius 3 is 2.50 bits per heavy atom. The van der Waals surface area contributed by atoms with E-state index in [2.05, 4.69) is 21.2 Å². The van der Waals surface area contributed by atoms with Crippen molar-refractivity contribution in [1.82, 2.24) is 0 Å². The zero-order chi connectivity index (χ0) is 14.7. The lowest BCUT2D eigenvalue weighted by Crippen LogP contribution is -2.03. The second kappa shape index (κ2) is 6.90. The van der Waals surface area contributed by atoms with Crippen LogP contribution < -0.4 is 10.1 Å². The number of methoxy groups -OCH3 is 1. The number of ether oxygens (including phenoxy) is 1. The van der Waals surface area contributed by atoms with Crippen molar-refractivity contribution < 1.29 is 4.74 Å². The Hall–Kier alpha value is -0.610. The summed E-state index contributed by atoms with van der Waals surface area (Å²) in [5, 5.41) is 4.76. The van der Waals surface area contributed by atoms with E-state index in [1.165, 1.54) is 0 Å².